The van der Waals surface area contributed by atoms with Gasteiger partial charge in [0.25, 0.3) is 5.56 Å². The van der Waals surface area contributed by atoms with Gasteiger partial charge in [0.05, 0.1) is 43.1 Å². The molecule has 2 aromatic heterocycles. The number of nitriles is 2. The molecule has 2 fully saturated rings. The molecule has 1 atom stereocenters. The number of nitrogens with zero attached hydrogens (tertiary/aromatic N) is 7. The van der Waals surface area contributed by atoms with Gasteiger partial charge in [0.15, 0.2) is 0 Å². The standard InChI is InChI=1S/C23H26N8O3/c24-12-17-3-4-21(26-14-17)29-7-9-30(10-8-29)22(32)5-11-34-16-18-2-1-6-31(18)20-15-27-28-23(33)19(20)13-25/h3-4,14-15,18H,1-2,5-11,16H2,(H,28,33). The van der Waals surface area contributed by atoms with Gasteiger partial charge in [0, 0.05) is 38.9 Å². The molecule has 34 heavy (non-hydrogen) atoms. The highest BCUT2D eigenvalue weighted by atomic mass is 16.5. The smallest absolute Gasteiger partial charge is 0.284 e. The summed E-state index contributed by atoms with van der Waals surface area (Å²) in [5, 5.41) is 24.4. The topological polar surface area (TPSA) is 142 Å². The number of nitrogens with one attached hydrogen (secondary N) is 1. The van der Waals surface area contributed by atoms with Crippen LogP contribution in [0.15, 0.2) is 29.3 Å². The molecule has 2 aromatic rings. The molecule has 1 amide bonds. The highest BCUT2D eigenvalue weighted by molar-refractivity contribution is 5.76. The molecule has 0 aromatic carbocycles. The second kappa shape index (κ2) is 10.8. The number of carbonyl (C=O) groups is 1. The van der Waals surface area contributed by atoms with Crippen LogP contribution in [-0.2, 0) is 9.53 Å². The van der Waals surface area contributed by atoms with Gasteiger partial charge in [-0.2, -0.15) is 15.6 Å². The zero-order valence-corrected chi connectivity index (χ0v) is 18.8. The largest absolute Gasteiger partial charge is 0.379 e. The van der Waals surface area contributed by atoms with Crippen molar-refractivity contribution < 1.29 is 9.53 Å². The van der Waals surface area contributed by atoms with Crippen LogP contribution in [0.3, 0.4) is 0 Å². The number of ether oxygens (including phenoxy) is 1. The van der Waals surface area contributed by atoms with Crippen LogP contribution in [-0.4, -0.2) is 78.0 Å². The third-order valence-corrected chi connectivity index (χ3v) is 6.24. The molecule has 0 radical (unpaired) electrons. The number of H-pyrrole nitrogens is 1. The van der Waals surface area contributed by atoms with Gasteiger partial charge in [0.2, 0.25) is 5.91 Å². The molecule has 2 aliphatic heterocycles. The SMILES string of the molecule is N#Cc1ccc(N2CCN(C(=O)CCOCC3CCCN3c3cn[nH]c(=O)c3C#N)CC2)nc1. The van der Waals surface area contributed by atoms with Crippen molar-refractivity contribution in [3.8, 4) is 12.1 Å². The van der Waals surface area contributed by atoms with Crippen molar-refractivity contribution in [2.75, 3.05) is 55.7 Å². The maximum atomic E-state index is 12.6. The zero-order valence-electron chi connectivity index (χ0n) is 18.8. The summed E-state index contributed by atoms with van der Waals surface area (Å²) in [6.45, 7) is 4.07. The zero-order chi connectivity index (χ0) is 23.9. The van der Waals surface area contributed by atoms with Crippen molar-refractivity contribution in [3.63, 3.8) is 0 Å². The van der Waals surface area contributed by atoms with Crippen LogP contribution >= 0.6 is 0 Å². The van der Waals surface area contributed by atoms with E-state index in [2.05, 4.69) is 26.2 Å². The van der Waals surface area contributed by atoms with E-state index >= 15 is 0 Å². The van der Waals surface area contributed by atoms with Gasteiger partial charge < -0.3 is 19.4 Å². The van der Waals surface area contributed by atoms with E-state index in [0.717, 1.165) is 25.2 Å². The number of anilines is 2. The molecule has 2 aliphatic rings. The molecule has 0 aliphatic carbocycles. The van der Waals surface area contributed by atoms with E-state index in [1.807, 2.05) is 21.9 Å². The molecule has 11 nitrogen and oxygen atoms in total. The van der Waals surface area contributed by atoms with E-state index in [1.54, 1.807) is 12.3 Å². The number of amides is 1. The van der Waals surface area contributed by atoms with Crippen molar-refractivity contribution in [1.82, 2.24) is 20.1 Å². The molecular formula is C23H26N8O3. The Labute approximate surface area is 197 Å². The minimum atomic E-state index is -0.493. The van der Waals surface area contributed by atoms with E-state index in [9.17, 15) is 14.9 Å². The normalized spacial score (nSPS) is 17.9. The summed E-state index contributed by atoms with van der Waals surface area (Å²) in [5.41, 5.74) is 0.626. The maximum absolute atomic E-state index is 12.6. The molecule has 0 spiro atoms. The van der Waals surface area contributed by atoms with E-state index in [-0.39, 0.29) is 17.5 Å². The van der Waals surface area contributed by atoms with Gasteiger partial charge in [0.1, 0.15) is 23.5 Å². The van der Waals surface area contributed by atoms with Crippen LogP contribution in [0.5, 0.6) is 0 Å². The lowest BCUT2D eigenvalue weighted by Gasteiger charge is -2.35. The van der Waals surface area contributed by atoms with Crippen molar-refractivity contribution in [3.05, 3.63) is 46.0 Å². The van der Waals surface area contributed by atoms with Crippen LogP contribution in [0.4, 0.5) is 11.5 Å². The minimum Gasteiger partial charge on any atom is -0.379 e. The molecule has 176 valence electrons. The highest BCUT2D eigenvalue weighted by Gasteiger charge is 2.28. The third kappa shape index (κ3) is 5.16. The van der Waals surface area contributed by atoms with Crippen molar-refractivity contribution in [2.24, 2.45) is 0 Å². The number of rotatable bonds is 7. The van der Waals surface area contributed by atoms with Crippen molar-refractivity contribution in [1.29, 1.82) is 10.5 Å². The lowest BCUT2D eigenvalue weighted by Crippen LogP contribution is -2.49. The van der Waals surface area contributed by atoms with Gasteiger partial charge in [-0.05, 0) is 25.0 Å². The summed E-state index contributed by atoms with van der Waals surface area (Å²) in [4.78, 5) is 34.8. The van der Waals surface area contributed by atoms with E-state index in [1.165, 1.54) is 6.20 Å². The first kappa shape index (κ1) is 23.2. The van der Waals surface area contributed by atoms with Crippen LogP contribution < -0.4 is 15.4 Å². The second-order valence-electron chi connectivity index (χ2n) is 8.27. The Kier molecular flexibility index (Phi) is 7.35. The van der Waals surface area contributed by atoms with Gasteiger partial charge in [-0.15, -0.1) is 0 Å². The second-order valence-corrected chi connectivity index (χ2v) is 8.27. The van der Waals surface area contributed by atoms with Crippen LogP contribution in [0.2, 0.25) is 0 Å². The van der Waals surface area contributed by atoms with Gasteiger partial charge in [-0.3, -0.25) is 9.59 Å². The van der Waals surface area contributed by atoms with Crippen molar-refractivity contribution in [2.45, 2.75) is 25.3 Å². The lowest BCUT2D eigenvalue weighted by atomic mass is 10.2. The molecule has 4 rings (SSSR count). The van der Waals surface area contributed by atoms with Gasteiger partial charge in [-0.1, -0.05) is 0 Å². The Morgan fingerprint density at radius 3 is 2.68 bits per heavy atom. The number of hydrogen-bond donors (Lipinski definition) is 1. The molecule has 4 heterocycles. The summed E-state index contributed by atoms with van der Waals surface area (Å²) in [7, 11) is 0. The molecule has 1 unspecified atom stereocenters. The average Bonchev–Trinajstić information content (AvgIpc) is 3.35. The Balaban J connectivity index is 1.21. The Bertz CT molecular complexity index is 1140. The number of pyridine rings is 1. The quantitative estimate of drug-likeness (QED) is 0.586. The fourth-order valence-electron chi connectivity index (χ4n) is 4.40. The summed E-state index contributed by atoms with van der Waals surface area (Å²) in [5.74, 6) is 0.868. The first-order chi connectivity index (χ1) is 16.6. The first-order valence-electron chi connectivity index (χ1n) is 11.3. The summed E-state index contributed by atoms with van der Waals surface area (Å²) < 4.78 is 5.82. The predicted octanol–water partition coefficient (Wildman–Crippen LogP) is 0.633. The van der Waals surface area contributed by atoms with Gasteiger partial charge in [-0.25, -0.2) is 10.1 Å². The third-order valence-electron chi connectivity index (χ3n) is 6.24. The molecule has 11 heteroatoms. The Morgan fingerprint density at radius 1 is 1.15 bits per heavy atom. The summed E-state index contributed by atoms with van der Waals surface area (Å²) in [6, 6.07) is 7.64. The Morgan fingerprint density at radius 2 is 1.97 bits per heavy atom. The molecule has 2 saturated heterocycles. The predicted molar refractivity (Wildman–Crippen MR) is 123 cm³/mol. The number of hydrogen-bond acceptors (Lipinski definition) is 9. The van der Waals surface area contributed by atoms with Crippen molar-refractivity contribution >= 4 is 17.4 Å². The molecular weight excluding hydrogens is 436 g/mol. The minimum absolute atomic E-state index is 0.0364. The number of aromatic nitrogens is 3. The number of piperazine rings is 1. The van der Waals surface area contributed by atoms with Gasteiger partial charge >= 0.3 is 0 Å². The molecule has 0 bridgehead atoms. The number of aromatic amines is 1. The molecule has 0 saturated carbocycles. The van der Waals surface area contributed by atoms with Crippen LogP contribution in [0.1, 0.15) is 30.4 Å². The monoisotopic (exact) mass is 462 g/mol. The van der Waals surface area contributed by atoms with Crippen LogP contribution in [0.25, 0.3) is 0 Å². The highest BCUT2D eigenvalue weighted by Crippen LogP contribution is 2.26. The van der Waals surface area contributed by atoms with E-state index in [0.29, 0.717) is 57.1 Å². The number of carbonyl (C=O) groups excluding carboxylic acids is 1. The Hall–Kier alpha value is -3.96. The fourth-order valence-corrected chi connectivity index (χ4v) is 4.40. The summed E-state index contributed by atoms with van der Waals surface area (Å²) in [6.07, 6.45) is 5.19. The fraction of sp³-hybridized carbons (Fsp3) is 0.478. The van der Waals surface area contributed by atoms with E-state index in [4.69, 9.17) is 10.00 Å². The average molecular weight is 463 g/mol. The maximum Gasteiger partial charge on any atom is 0.284 e. The summed E-state index contributed by atoms with van der Waals surface area (Å²) >= 11 is 0. The lowest BCUT2D eigenvalue weighted by molar-refractivity contribution is -0.132. The van der Waals surface area contributed by atoms with Crippen LogP contribution in [0, 0.1) is 22.7 Å². The van der Waals surface area contributed by atoms with E-state index < -0.39 is 5.56 Å². The molecule has 1 N–H and O–H groups in total. The first-order valence-corrected chi connectivity index (χ1v) is 11.3.